The highest BCUT2D eigenvalue weighted by Crippen LogP contribution is 2.37. The van der Waals surface area contributed by atoms with Crippen molar-refractivity contribution in [1.82, 2.24) is 14.8 Å². The van der Waals surface area contributed by atoms with E-state index >= 15 is 0 Å². The van der Waals surface area contributed by atoms with Crippen LogP contribution in [0.3, 0.4) is 0 Å². The summed E-state index contributed by atoms with van der Waals surface area (Å²) in [7, 11) is 0. The molecular formula is C9H10N4O6. The lowest BCUT2D eigenvalue weighted by atomic mass is 10.1. The van der Waals surface area contributed by atoms with E-state index in [-0.39, 0.29) is 12.4 Å². The van der Waals surface area contributed by atoms with Crippen molar-refractivity contribution in [1.29, 1.82) is 0 Å². The number of nitrogens with zero attached hydrogens (tertiary/aromatic N) is 3. The van der Waals surface area contributed by atoms with Crippen LogP contribution < -0.4 is 5.73 Å². The Kier molecular flexibility index (Phi) is 2.61. The predicted molar refractivity (Wildman–Crippen MR) is 54.7 cm³/mol. The van der Waals surface area contributed by atoms with Gasteiger partial charge in [0.15, 0.2) is 18.4 Å². The van der Waals surface area contributed by atoms with Crippen molar-refractivity contribution in [3.63, 3.8) is 0 Å². The second kappa shape index (κ2) is 4.17. The van der Waals surface area contributed by atoms with Gasteiger partial charge in [0.1, 0.15) is 12.4 Å². The number of aliphatic hydroxyl groups excluding tert-OH is 1. The molecule has 1 amide bonds. The average molecular weight is 270 g/mol. The minimum Gasteiger partial charge on any atom is -0.424 e. The molecule has 2 saturated heterocycles. The Balaban J connectivity index is 1.87. The van der Waals surface area contributed by atoms with Gasteiger partial charge in [-0.1, -0.05) is 0 Å². The van der Waals surface area contributed by atoms with E-state index in [0.717, 1.165) is 0 Å². The zero-order chi connectivity index (χ0) is 13.6. The summed E-state index contributed by atoms with van der Waals surface area (Å²) >= 11 is 0. The normalized spacial score (nSPS) is 32.8. The molecule has 19 heavy (non-hydrogen) atoms. The second-order valence-electron chi connectivity index (χ2n) is 4.08. The lowest BCUT2D eigenvalue weighted by Crippen LogP contribution is -2.30. The summed E-state index contributed by atoms with van der Waals surface area (Å²) in [6.07, 6.45) is -2.63. The molecule has 10 heteroatoms. The van der Waals surface area contributed by atoms with Gasteiger partial charge >= 0.3 is 6.16 Å². The summed E-state index contributed by atoms with van der Waals surface area (Å²) in [6.45, 7) is -0.342. The van der Waals surface area contributed by atoms with Gasteiger partial charge in [0, 0.05) is 0 Å². The van der Waals surface area contributed by atoms with E-state index in [1.807, 2.05) is 0 Å². The molecule has 0 saturated carbocycles. The van der Waals surface area contributed by atoms with Crippen LogP contribution in [0.15, 0.2) is 6.33 Å². The van der Waals surface area contributed by atoms with Crippen LogP contribution >= 0.6 is 0 Å². The molecule has 2 aliphatic heterocycles. The minimum atomic E-state index is -0.836. The van der Waals surface area contributed by atoms with Crippen molar-refractivity contribution in [3.8, 4) is 0 Å². The van der Waals surface area contributed by atoms with Crippen molar-refractivity contribution in [2.24, 2.45) is 5.73 Å². The first-order valence-electron chi connectivity index (χ1n) is 5.44. The number of fused-ring (bicyclic) bond motifs is 1. The lowest BCUT2D eigenvalue weighted by molar-refractivity contribution is -0.0767. The summed E-state index contributed by atoms with van der Waals surface area (Å²) in [5.74, 6) is -0.968. The summed E-state index contributed by atoms with van der Waals surface area (Å²) in [4.78, 5) is 25.7. The molecule has 1 aromatic rings. The molecule has 3 heterocycles. The average Bonchev–Trinajstić information content (AvgIpc) is 3.02. The number of carbonyl (C=O) groups is 2. The van der Waals surface area contributed by atoms with Crippen LogP contribution in [0.4, 0.5) is 4.79 Å². The molecule has 2 aliphatic rings. The van der Waals surface area contributed by atoms with Crippen LogP contribution in [-0.4, -0.2) is 56.9 Å². The number of nitrogens with two attached hydrogens (primary N) is 1. The van der Waals surface area contributed by atoms with Crippen LogP contribution in [0.25, 0.3) is 0 Å². The zero-order valence-electron chi connectivity index (χ0n) is 9.50. The first kappa shape index (κ1) is 11.9. The van der Waals surface area contributed by atoms with E-state index in [4.69, 9.17) is 25.1 Å². The van der Waals surface area contributed by atoms with Gasteiger partial charge in [-0.05, 0) is 0 Å². The van der Waals surface area contributed by atoms with Crippen molar-refractivity contribution in [2.75, 3.05) is 6.61 Å². The summed E-state index contributed by atoms with van der Waals surface area (Å²) in [5, 5.41) is 13.0. The molecule has 3 N–H and O–H groups in total. The number of primary amides is 1. The quantitative estimate of drug-likeness (QED) is 0.611. The van der Waals surface area contributed by atoms with Gasteiger partial charge < -0.3 is 25.1 Å². The molecule has 3 rings (SSSR count). The standard InChI is InChI=1S/C9H10N4O6/c10-6(15)7-11-2-13(12-7)8-5-4(3(1-14)17-8)18-9(16)19-5/h2-5,8,14H,1H2,(H2,10,15)/t3-,4+,5?,8-/m1/s1. The van der Waals surface area contributed by atoms with Crippen LogP contribution in [0.1, 0.15) is 16.8 Å². The van der Waals surface area contributed by atoms with E-state index in [0.29, 0.717) is 0 Å². The van der Waals surface area contributed by atoms with E-state index < -0.39 is 36.6 Å². The van der Waals surface area contributed by atoms with Gasteiger partial charge in [-0.25, -0.2) is 14.5 Å². The number of amides is 1. The summed E-state index contributed by atoms with van der Waals surface area (Å²) in [6, 6.07) is 0. The van der Waals surface area contributed by atoms with Crippen molar-refractivity contribution < 1.29 is 28.9 Å². The van der Waals surface area contributed by atoms with Gasteiger partial charge in [0.2, 0.25) is 5.82 Å². The van der Waals surface area contributed by atoms with E-state index in [9.17, 15) is 9.59 Å². The second-order valence-corrected chi connectivity index (χ2v) is 4.08. The fraction of sp³-hybridized carbons (Fsp3) is 0.556. The number of hydrogen-bond donors (Lipinski definition) is 2. The molecular weight excluding hydrogens is 260 g/mol. The zero-order valence-corrected chi connectivity index (χ0v) is 9.50. The molecule has 1 unspecified atom stereocenters. The van der Waals surface area contributed by atoms with Crippen LogP contribution in [-0.2, 0) is 14.2 Å². The Morgan fingerprint density at radius 2 is 2.21 bits per heavy atom. The highest BCUT2D eigenvalue weighted by Gasteiger charge is 2.55. The lowest BCUT2D eigenvalue weighted by Gasteiger charge is -2.14. The topological polar surface area (TPSA) is 139 Å². The van der Waals surface area contributed by atoms with Gasteiger partial charge in [0.05, 0.1) is 6.61 Å². The third-order valence-corrected chi connectivity index (χ3v) is 2.92. The molecule has 4 atom stereocenters. The SMILES string of the molecule is NC(=O)c1ncn([C@@H]2O[C@H](CO)[C@@H]3OC(=O)OC32)n1. The van der Waals surface area contributed by atoms with E-state index in [1.54, 1.807) is 0 Å². The smallest absolute Gasteiger partial charge is 0.424 e. The number of aromatic nitrogens is 3. The number of rotatable bonds is 3. The van der Waals surface area contributed by atoms with E-state index in [2.05, 4.69) is 10.1 Å². The van der Waals surface area contributed by atoms with Crippen LogP contribution in [0, 0.1) is 0 Å². The number of aliphatic hydroxyl groups is 1. The van der Waals surface area contributed by atoms with E-state index in [1.165, 1.54) is 11.0 Å². The van der Waals surface area contributed by atoms with Crippen LogP contribution in [0.5, 0.6) is 0 Å². The number of carbonyl (C=O) groups excluding carboxylic acids is 2. The highest BCUT2D eigenvalue weighted by molar-refractivity contribution is 5.88. The maximum atomic E-state index is 11.1. The molecule has 0 aromatic carbocycles. The molecule has 1 aromatic heterocycles. The fourth-order valence-corrected chi connectivity index (χ4v) is 2.10. The van der Waals surface area contributed by atoms with Gasteiger partial charge in [0.25, 0.3) is 5.91 Å². The Morgan fingerprint density at radius 3 is 2.84 bits per heavy atom. The molecule has 102 valence electrons. The Labute approximate surface area is 106 Å². The predicted octanol–water partition coefficient (Wildman–Crippen LogP) is -1.83. The van der Waals surface area contributed by atoms with Crippen LogP contribution in [0.2, 0.25) is 0 Å². The largest absolute Gasteiger partial charge is 0.509 e. The molecule has 0 spiro atoms. The Hall–Kier alpha value is -2.20. The third-order valence-electron chi connectivity index (χ3n) is 2.92. The van der Waals surface area contributed by atoms with Gasteiger partial charge in [-0.15, -0.1) is 5.10 Å². The molecule has 2 fully saturated rings. The maximum Gasteiger partial charge on any atom is 0.509 e. The monoisotopic (exact) mass is 270 g/mol. The minimum absolute atomic E-state index is 0.183. The molecule has 0 bridgehead atoms. The summed E-state index contributed by atoms with van der Waals surface area (Å²) in [5.41, 5.74) is 5.04. The van der Waals surface area contributed by atoms with Crippen molar-refractivity contribution >= 4 is 12.1 Å². The van der Waals surface area contributed by atoms with Gasteiger partial charge in [-0.2, -0.15) is 0 Å². The Bertz CT molecular complexity index is 531. The fourth-order valence-electron chi connectivity index (χ4n) is 2.10. The van der Waals surface area contributed by atoms with Gasteiger partial charge in [-0.3, -0.25) is 4.79 Å². The highest BCUT2D eigenvalue weighted by atomic mass is 16.8. The first-order valence-corrected chi connectivity index (χ1v) is 5.44. The first-order chi connectivity index (χ1) is 9.10. The number of ether oxygens (including phenoxy) is 3. The molecule has 0 aliphatic carbocycles. The van der Waals surface area contributed by atoms with Crippen molar-refractivity contribution in [2.45, 2.75) is 24.5 Å². The molecule has 0 radical (unpaired) electrons. The van der Waals surface area contributed by atoms with Crippen molar-refractivity contribution in [3.05, 3.63) is 12.2 Å². The third kappa shape index (κ3) is 1.81. The number of hydrogen-bond acceptors (Lipinski definition) is 8. The Morgan fingerprint density at radius 1 is 1.47 bits per heavy atom. The molecule has 10 nitrogen and oxygen atoms in total. The summed E-state index contributed by atoms with van der Waals surface area (Å²) < 4.78 is 16.5. The maximum absolute atomic E-state index is 11.1.